The number of para-hydroxylation sites is 4. The van der Waals surface area contributed by atoms with E-state index in [1.807, 2.05) is 53.4 Å². The zero-order chi connectivity index (χ0) is 19.0. The molecule has 2 heterocycles. The third-order valence-corrected chi connectivity index (χ3v) is 4.87. The molecular formula is C18H17N5O4. The Kier molecular flexibility index (Phi) is 4.23. The van der Waals surface area contributed by atoms with E-state index in [0.717, 1.165) is 4.90 Å². The second-order valence-corrected chi connectivity index (χ2v) is 6.42. The molecule has 2 aliphatic heterocycles. The molecule has 27 heavy (non-hydrogen) atoms. The lowest BCUT2D eigenvalue weighted by Gasteiger charge is -2.46. The molecule has 0 aromatic heterocycles. The molecule has 0 bridgehead atoms. The van der Waals surface area contributed by atoms with Crippen molar-refractivity contribution < 1.29 is 19.7 Å². The zero-order valence-corrected chi connectivity index (χ0v) is 14.2. The van der Waals surface area contributed by atoms with E-state index in [2.05, 4.69) is 10.0 Å². The number of carbonyl (C=O) groups is 1. The van der Waals surface area contributed by atoms with Crippen LogP contribution in [0.2, 0.25) is 0 Å². The van der Waals surface area contributed by atoms with Gasteiger partial charge in [-0.05, 0) is 24.3 Å². The smallest absolute Gasteiger partial charge is 0.214 e. The Balaban J connectivity index is 1.83. The summed E-state index contributed by atoms with van der Waals surface area (Å²) in [5.41, 5.74) is 8.40. The predicted molar refractivity (Wildman–Crippen MR) is 92.9 cm³/mol. The molecule has 0 saturated carbocycles. The van der Waals surface area contributed by atoms with Crippen LogP contribution in [0.1, 0.15) is 0 Å². The largest absolute Gasteiger partial charge is 0.530 e. The topological polar surface area (TPSA) is 126 Å². The van der Waals surface area contributed by atoms with E-state index in [4.69, 9.17) is 10.3 Å². The van der Waals surface area contributed by atoms with Gasteiger partial charge in [-0.1, -0.05) is 24.3 Å². The minimum absolute atomic E-state index is 0.0240. The summed E-state index contributed by atoms with van der Waals surface area (Å²) < 4.78 is 5.94. The fourth-order valence-corrected chi connectivity index (χ4v) is 3.65. The van der Waals surface area contributed by atoms with Gasteiger partial charge in [0.15, 0.2) is 17.5 Å². The van der Waals surface area contributed by atoms with E-state index in [9.17, 15) is 15.0 Å². The quantitative estimate of drug-likeness (QED) is 0.610. The molecule has 3 atom stereocenters. The van der Waals surface area contributed by atoms with Gasteiger partial charge in [0, 0.05) is 6.54 Å². The Morgan fingerprint density at radius 3 is 2.30 bits per heavy atom. The highest BCUT2D eigenvalue weighted by atomic mass is 16.5. The van der Waals surface area contributed by atoms with E-state index < -0.39 is 24.3 Å². The van der Waals surface area contributed by atoms with Crippen LogP contribution in [0.15, 0.2) is 53.6 Å². The van der Waals surface area contributed by atoms with Crippen molar-refractivity contribution in [3.8, 4) is 11.5 Å². The molecule has 1 saturated heterocycles. The minimum Gasteiger partial charge on any atom is -0.530 e. The van der Waals surface area contributed by atoms with Gasteiger partial charge in [0.25, 0.3) is 0 Å². The number of piperidine rings is 1. The molecule has 0 spiro atoms. The summed E-state index contributed by atoms with van der Waals surface area (Å²) >= 11 is 0. The molecule has 138 valence electrons. The van der Waals surface area contributed by atoms with Crippen LogP contribution in [0.5, 0.6) is 11.5 Å². The Morgan fingerprint density at radius 2 is 1.74 bits per heavy atom. The molecule has 2 aliphatic rings. The van der Waals surface area contributed by atoms with Crippen molar-refractivity contribution in [2.24, 2.45) is 5.11 Å². The Hall–Kier alpha value is -3.42. The van der Waals surface area contributed by atoms with Crippen LogP contribution in [0.25, 0.3) is 0 Å². The number of likely N-dealkylation sites (tertiary alicyclic amines) is 1. The van der Waals surface area contributed by atoms with Gasteiger partial charge >= 0.3 is 0 Å². The van der Waals surface area contributed by atoms with Crippen molar-refractivity contribution in [1.82, 2.24) is 9.81 Å². The molecule has 1 fully saturated rings. The molecule has 1 amide bonds. The highest BCUT2D eigenvalue weighted by Gasteiger charge is 2.44. The standard InChI is InChI=1S/C18H17N5O4/c19-21-20-11-9-22(18(25)26)10-14(17(11)24)23-12-5-1-3-7-15(12)27-16-8-4-2-6-13(16)23/h1-8,11,14,17,19,24H,9-10H2. The van der Waals surface area contributed by atoms with E-state index in [0.29, 0.717) is 22.9 Å². The number of anilines is 2. The van der Waals surface area contributed by atoms with Crippen molar-refractivity contribution in [2.75, 3.05) is 18.0 Å². The van der Waals surface area contributed by atoms with E-state index in [1.54, 1.807) is 0 Å². The van der Waals surface area contributed by atoms with Crippen LogP contribution in [0.3, 0.4) is 0 Å². The molecule has 2 aromatic carbocycles. The molecule has 0 radical (unpaired) electrons. The van der Waals surface area contributed by atoms with Crippen molar-refractivity contribution in [3.05, 3.63) is 48.5 Å². The fraction of sp³-hybridized carbons (Fsp3) is 0.278. The van der Waals surface area contributed by atoms with E-state index >= 15 is 0 Å². The van der Waals surface area contributed by atoms with E-state index in [1.165, 1.54) is 0 Å². The van der Waals surface area contributed by atoms with Crippen molar-refractivity contribution >= 4 is 17.5 Å². The first kappa shape index (κ1) is 17.0. The Morgan fingerprint density at radius 1 is 1.15 bits per heavy atom. The molecule has 9 nitrogen and oxygen atoms in total. The maximum Gasteiger partial charge on any atom is 0.214 e. The number of aliphatic hydroxyl groups is 1. The lowest BCUT2D eigenvalue weighted by atomic mass is 9.94. The summed E-state index contributed by atoms with van der Waals surface area (Å²) in [5, 5.41) is 26.1. The number of hydrogen-bond donors (Lipinski definition) is 2. The Labute approximate surface area is 154 Å². The van der Waals surface area contributed by atoms with Crippen LogP contribution in [0, 0.1) is 5.53 Å². The minimum atomic E-state index is -1.35. The van der Waals surface area contributed by atoms with Crippen molar-refractivity contribution in [3.63, 3.8) is 0 Å². The van der Waals surface area contributed by atoms with Crippen LogP contribution in [0.4, 0.5) is 16.2 Å². The van der Waals surface area contributed by atoms with Crippen molar-refractivity contribution in [1.29, 1.82) is 5.53 Å². The van der Waals surface area contributed by atoms with Crippen LogP contribution in [-0.2, 0) is 0 Å². The zero-order valence-electron chi connectivity index (χ0n) is 14.2. The molecule has 2 N–H and O–H groups in total. The molecule has 2 aromatic rings. The van der Waals surface area contributed by atoms with Crippen molar-refractivity contribution in [2.45, 2.75) is 18.2 Å². The van der Waals surface area contributed by atoms with Crippen LogP contribution < -0.4 is 19.7 Å². The van der Waals surface area contributed by atoms with Gasteiger partial charge in [-0.25, -0.2) is 0 Å². The van der Waals surface area contributed by atoms with Gasteiger partial charge in [-0.15, -0.1) is 0 Å². The summed E-state index contributed by atoms with van der Waals surface area (Å²) in [6.07, 6.45) is -2.39. The number of benzene rings is 2. The SMILES string of the molecule is N=[N+]=NC1CN(C(=O)[O-])CC(N2c3ccccc3Oc3ccccc32)C1O. The Bertz CT molecular complexity index is 884. The second kappa shape index (κ2) is 6.71. The fourth-order valence-electron chi connectivity index (χ4n) is 3.65. The summed E-state index contributed by atoms with van der Waals surface area (Å²) in [7, 11) is 0. The lowest BCUT2D eigenvalue weighted by Crippen LogP contribution is -2.63. The number of carbonyl (C=O) groups excluding carboxylic acids is 1. The van der Waals surface area contributed by atoms with Gasteiger partial charge in [0.05, 0.1) is 24.0 Å². The number of nitrogens with one attached hydrogen (secondary N) is 1. The number of aliphatic hydroxyl groups excluding tert-OH is 1. The van der Waals surface area contributed by atoms with Gasteiger partial charge in [-0.2, -0.15) is 0 Å². The number of hydrogen-bond acceptors (Lipinski definition) is 7. The van der Waals surface area contributed by atoms with Gasteiger partial charge in [0.2, 0.25) is 4.91 Å². The number of amides is 1. The average molecular weight is 367 g/mol. The maximum atomic E-state index is 11.5. The predicted octanol–water partition coefficient (Wildman–Crippen LogP) is 1.24. The highest BCUT2D eigenvalue weighted by Crippen LogP contribution is 2.48. The van der Waals surface area contributed by atoms with Gasteiger partial charge in [-0.3, -0.25) is 0 Å². The highest BCUT2D eigenvalue weighted by molar-refractivity contribution is 5.79. The van der Waals surface area contributed by atoms with Crippen LogP contribution >= 0.6 is 0 Å². The van der Waals surface area contributed by atoms with E-state index in [-0.39, 0.29) is 13.1 Å². The normalized spacial score (nSPS) is 23.5. The molecule has 3 unspecified atom stereocenters. The monoisotopic (exact) mass is 367 g/mol. The van der Waals surface area contributed by atoms with Gasteiger partial charge < -0.3 is 29.5 Å². The first-order valence-electron chi connectivity index (χ1n) is 8.46. The lowest BCUT2D eigenvalue weighted by molar-refractivity contribution is -0.267. The summed E-state index contributed by atoms with van der Waals surface area (Å²) in [6.45, 7) is -0.0494. The maximum absolute atomic E-state index is 11.5. The first-order chi connectivity index (χ1) is 13.1. The number of nitrogens with zero attached hydrogens (tertiary/aromatic N) is 4. The molecule has 9 heteroatoms. The molecule has 0 aliphatic carbocycles. The average Bonchev–Trinajstić information content (AvgIpc) is 2.68. The number of rotatable bonds is 2. The number of carboxylic acid groups (broad SMARTS) is 1. The number of ether oxygens (including phenoxy) is 1. The molecule has 4 rings (SSSR count). The van der Waals surface area contributed by atoms with Gasteiger partial charge in [0.1, 0.15) is 22.8 Å². The summed E-state index contributed by atoms with van der Waals surface area (Å²) in [4.78, 5) is 17.4. The van der Waals surface area contributed by atoms with Crippen LogP contribution in [-0.4, -0.2) is 47.4 Å². The number of fused-ring (bicyclic) bond motifs is 2. The summed E-state index contributed by atoms with van der Waals surface area (Å²) in [6, 6.07) is 13.2. The summed E-state index contributed by atoms with van der Waals surface area (Å²) in [5.74, 6) is 1.21. The third kappa shape index (κ3) is 2.88. The third-order valence-electron chi connectivity index (χ3n) is 4.87. The second-order valence-electron chi connectivity index (χ2n) is 6.42. The first-order valence-corrected chi connectivity index (χ1v) is 8.46. The molecular weight excluding hydrogens is 350 g/mol.